The van der Waals surface area contributed by atoms with Crippen molar-refractivity contribution in [1.29, 1.82) is 0 Å². The van der Waals surface area contributed by atoms with Gasteiger partial charge in [-0.2, -0.15) is 8.78 Å². The summed E-state index contributed by atoms with van der Waals surface area (Å²) in [6, 6.07) is 4.99. The maximum absolute atomic E-state index is 13.5. The van der Waals surface area contributed by atoms with E-state index >= 15 is 0 Å². The van der Waals surface area contributed by atoms with Crippen LogP contribution in [-0.2, 0) is 29.1 Å². The molecule has 3 aliphatic rings. The molecule has 0 amide bonds. The van der Waals surface area contributed by atoms with E-state index in [1.807, 2.05) is 22.6 Å². The molecule has 1 aromatic carbocycles. The molecule has 4 rings (SSSR count). The Morgan fingerprint density at radius 2 is 2.09 bits per heavy atom. The zero-order chi connectivity index (χ0) is 23.5. The summed E-state index contributed by atoms with van der Waals surface area (Å²) in [5.74, 6) is -3.39. The third-order valence-corrected chi connectivity index (χ3v) is 7.15. The van der Waals surface area contributed by atoms with Crippen molar-refractivity contribution in [1.82, 2.24) is 0 Å². The summed E-state index contributed by atoms with van der Waals surface area (Å²) in [4.78, 5) is 24.7. The molecule has 176 valence electrons. The van der Waals surface area contributed by atoms with Crippen molar-refractivity contribution in [2.24, 2.45) is 5.92 Å². The third kappa shape index (κ3) is 3.94. The van der Waals surface area contributed by atoms with Crippen LogP contribution in [0.4, 0.5) is 13.2 Å². The highest BCUT2D eigenvalue weighted by atomic mass is 127. The highest BCUT2D eigenvalue weighted by molar-refractivity contribution is 14.1. The number of rotatable bonds is 6. The van der Waals surface area contributed by atoms with Crippen molar-refractivity contribution in [2.45, 2.75) is 48.7 Å². The molecule has 14 heteroatoms. The second kappa shape index (κ2) is 7.99. The summed E-state index contributed by atoms with van der Waals surface area (Å²) in [6.45, 7) is -0.859. The zero-order valence-corrected chi connectivity index (χ0v) is 18.9. The number of halogens is 4. The average Bonchev–Trinajstić information content (AvgIpc) is 3.25. The van der Waals surface area contributed by atoms with Gasteiger partial charge < -0.3 is 23.5 Å². The Morgan fingerprint density at radius 1 is 1.38 bits per heavy atom. The Kier molecular flexibility index (Phi) is 5.87. The Bertz CT molecular complexity index is 1070. The lowest BCUT2D eigenvalue weighted by molar-refractivity contribution is -0.186. The lowest BCUT2D eigenvalue weighted by Crippen LogP contribution is -2.53. The fourth-order valence-electron chi connectivity index (χ4n) is 3.96. The van der Waals surface area contributed by atoms with Crippen LogP contribution in [0.15, 0.2) is 18.2 Å². The molecule has 2 fully saturated rings. The summed E-state index contributed by atoms with van der Waals surface area (Å²) in [5.41, 5.74) is 0.263. The van der Waals surface area contributed by atoms with Gasteiger partial charge in [0.2, 0.25) is 0 Å². The Hall–Kier alpha value is -1.65. The number of benzene rings is 1. The molecule has 5 atom stereocenters. The Labute approximate surface area is 193 Å². The standard InChI is InChI=1S/C18H16F3IO9S/c19-13(18(20,21)32(25,26)27)3-4-28-15(23)10-6-14-17(7-12(10)29-14)30-11-2-1-8(22)5-9(11)16(24)31-17/h1-2,5,10,12-14H,3-4,6-7H2,(H,25,26,27)/p-1. The molecular formula is C18H15F3IO9S-. The lowest BCUT2D eigenvalue weighted by atomic mass is 9.84. The van der Waals surface area contributed by atoms with Gasteiger partial charge in [0, 0.05) is 9.99 Å². The number of alkyl halides is 3. The van der Waals surface area contributed by atoms with Crippen LogP contribution in [0, 0.1) is 9.49 Å². The molecule has 3 aliphatic heterocycles. The molecule has 1 spiro atoms. The van der Waals surface area contributed by atoms with Crippen LogP contribution in [0.3, 0.4) is 0 Å². The van der Waals surface area contributed by atoms with Crippen molar-refractivity contribution in [3.63, 3.8) is 0 Å². The number of esters is 2. The van der Waals surface area contributed by atoms with Crippen LogP contribution in [0.1, 0.15) is 29.6 Å². The fraction of sp³-hybridized carbons (Fsp3) is 0.556. The van der Waals surface area contributed by atoms with E-state index in [4.69, 9.17) is 18.9 Å². The molecular weight excluding hydrogens is 576 g/mol. The molecule has 2 bridgehead atoms. The highest BCUT2D eigenvalue weighted by Gasteiger charge is 2.64. The lowest BCUT2D eigenvalue weighted by Gasteiger charge is -2.39. The maximum Gasteiger partial charge on any atom is 0.364 e. The van der Waals surface area contributed by atoms with E-state index < -0.39 is 70.4 Å². The predicted molar refractivity (Wildman–Crippen MR) is 104 cm³/mol. The van der Waals surface area contributed by atoms with E-state index in [1.54, 1.807) is 18.2 Å². The third-order valence-electron chi connectivity index (χ3n) is 5.56. The van der Waals surface area contributed by atoms with Gasteiger partial charge in [0.15, 0.2) is 16.3 Å². The van der Waals surface area contributed by atoms with Crippen molar-refractivity contribution < 1.29 is 54.7 Å². The first kappa shape index (κ1) is 23.5. The first-order valence-corrected chi connectivity index (χ1v) is 11.8. The van der Waals surface area contributed by atoms with Crippen molar-refractivity contribution in [2.75, 3.05) is 6.61 Å². The quantitative estimate of drug-likeness (QED) is 0.278. The minimum atomic E-state index is -6.19. The first-order chi connectivity index (χ1) is 14.8. The van der Waals surface area contributed by atoms with Gasteiger partial charge in [-0.3, -0.25) is 4.79 Å². The SMILES string of the molecule is O=C1OC2(CC3OC2CC3C(=O)OCCC(F)C(F)(F)S(=O)(=O)[O-])Oc2ccc(I)cc21. The van der Waals surface area contributed by atoms with Crippen molar-refractivity contribution >= 4 is 44.6 Å². The van der Waals surface area contributed by atoms with E-state index in [0.717, 1.165) is 3.57 Å². The second-order valence-electron chi connectivity index (χ2n) is 7.59. The molecule has 1 aromatic rings. The van der Waals surface area contributed by atoms with Crippen molar-refractivity contribution in [3.8, 4) is 5.75 Å². The van der Waals surface area contributed by atoms with Crippen LogP contribution in [0.25, 0.3) is 0 Å². The van der Waals surface area contributed by atoms with Gasteiger partial charge in [0.25, 0.3) is 5.79 Å². The van der Waals surface area contributed by atoms with Gasteiger partial charge in [-0.1, -0.05) is 0 Å². The second-order valence-corrected chi connectivity index (χ2v) is 10.3. The summed E-state index contributed by atoms with van der Waals surface area (Å²) >= 11 is 2.04. The molecule has 32 heavy (non-hydrogen) atoms. The van der Waals surface area contributed by atoms with E-state index in [2.05, 4.69) is 0 Å². The van der Waals surface area contributed by atoms with E-state index in [9.17, 15) is 35.7 Å². The summed E-state index contributed by atoms with van der Waals surface area (Å²) < 4.78 is 93.7. The predicted octanol–water partition coefficient (Wildman–Crippen LogP) is 2.12. The molecule has 0 aromatic heterocycles. The van der Waals surface area contributed by atoms with E-state index in [1.165, 1.54) is 0 Å². The molecule has 3 heterocycles. The van der Waals surface area contributed by atoms with Crippen molar-refractivity contribution in [3.05, 3.63) is 27.3 Å². The topological polar surface area (TPSA) is 128 Å². The minimum absolute atomic E-state index is 0.0207. The van der Waals surface area contributed by atoms with Gasteiger partial charge in [0.05, 0.1) is 25.0 Å². The minimum Gasteiger partial charge on any atom is -0.743 e. The molecule has 0 aliphatic carbocycles. The number of hydrogen-bond donors (Lipinski definition) is 0. The smallest absolute Gasteiger partial charge is 0.364 e. The van der Waals surface area contributed by atoms with Gasteiger partial charge in [-0.25, -0.2) is 17.6 Å². The number of ether oxygens (including phenoxy) is 4. The number of carbonyl (C=O) groups excluding carboxylic acids is 2. The Morgan fingerprint density at radius 3 is 2.72 bits per heavy atom. The number of carbonyl (C=O) groups is 2. The molecule has 5 unspecified atom stereocenters. The highest BCUT2D eigenvalue weighted by Crippen LogP contribution is 2.50. The van der Waals surface area contributed by atoms with Crippen LogP contribution < -0.4 is 4.74 Å². The van der Waals surface area contributed by atoms with Crippen LogP contribution in [0.5, 0.6) is 5.75 Å². The monoisotopic (exact) mass is 591 g/mol. The summed E-state index contributed by atoms with van der Waals surface area (Å²) in [7, 11) is -6.19. The summed E-state index contributed by atoms with van der Waals surface area (Å²) in [6.07, 6.45) is -5.98. The van der Waals surface area contributed by atoms with Crippen LogP contribution in [0.2, 0.25) is 0 Å². The van der Waals surface area contributed by atoms with Crippen LogP contribution >= 0.6 is 22.6 Å². The maximum atomic E-state index is 13.5. The fourth-order valence-corrected chi connectivity index (χ4v) is 4.88. The number of hydrogen-bond acceptors (Lipinski definition) is 9. The van der Waals surface area contributed by atoms with Crippen LogP contribution in [-0.4, -0.2) is 60.9 Å². The number of fused-ring (bicyclic) bond motifs is 4. The molecule has 0 saturated carbocycles. The molecule has 0 N–H and O–H groups in total. The average molecular weight is 591 g/mol. The van der Waals surface area contributed by atoms with E-state index in [-0.39, 0.29) is 18.4 Å². The summed E-state index contributed by atoms with van der Waals surface area (Å²) in [5, 5.41) is -5.13. The Balaban J connectivity index is 1.35. The normalized spacial score (nSPS) is 29.9. The largest absolute Gasteiger partial charge is 0.743 e. The van der Waals surface area contributed by atoms with E-state index in [0.29, 0.717) is 5.75 Å². The first-order valence-electron chi connectivity index (χ1n) is 9.35. The van der Waals surface area contributed by atoms with Gasteiger partial charge in [-0.05, 0) is 47.2 Å². The molecule has 9 nitrogen and oxygen atoms in total. The molecule has 0 radical (unpaired) electrons. The molecule has 2 saturated heterocycles. The zero-order valence-electron chi connectivity index (χ0n) is 16.0. The van der Waals surface area contributed by atoms with Gasteiger partial charge in [0.1, 0.15) is 17.4 Å². The van der Waals surface area contributed by atoms with Gasteiger partial charge >= 0.3 is 17.2 Å². The van der Waals surface area contributed by atoms with Gasteiger partial charge in [-0.15, -0.1) is 0 Å².